The number of benzene rings is 3. The molecule has 30 heavy (non-hydrogen) atoms. The average molecular weight is 441 g/mol. The third-order valence-corrected chi connectivity index (χ3v) is 5.17. The molecule has 8 heteroatoms. The number of ether oxygens (including phenoxy) is 1. The van der Waals surface area contributed by atoms with E-state index in [1.165, 1.54) is 6.07 Å². The van der Waals surface area contributed by atoms with Crippen molar-refractivity contribution < 1.29 is 9.13 Å². The Morgan fingerprint density at radius 2 is 1.80 bits per heavy atom. The Hall–Kier alpha value is -3.16. The van der Waals surface area contributed by atoms with E-state index in [0.717, 1.165) is 11.1 Å². The first kappa shape index (κ1) is 20.1. The van der Waals surface area contributed by atoms with E-state index in [2.05, 4.69) is 15.6 Å². The Labute approximate surface area is 183 Å². The number of hydrogen-bond donors (Lipinski definition) is 2. The van der Waals surface area contributed by atoms with Gasteiger partial charge in [0.2, 0.25) is 4.77 Å². The molecule has 0 fully saturated rings. The van der Waals surface area contributed by atoms with Crippen molar-refractivity contribution in [3.63, 3.8) is 0 Å². The molecule has 0 aliphatic carbocycles. The van der Waals surface area contributed by atoms with Crippen LogP contribution in [0.5, 0.6) is 5.75 Å². The van der Waals surface area contributed by atoms with Gasteiger partial charge in [-0.3, -0.25) is 0 Å². The fourth-order valence-electron chi connectivity index (χ4n) is 3.00. The van der Waals surface area contributed by atoms with Gasteiger partial charge >= 0.3 is 0 Å². The van der Waals surface area contributed by atoms with Gasteiger partial charge in [0.1, 0.15) is 18.2 Å². The van der Waals surface area contributed by atoms with Crippen molar-refractivity contribution in [2.45, 2.75) is 13.2 Å². The lowest BCUT2D eigenvalue weighted by molar-refractivity contribution is 0.297. The minimum atomic E-state index is -0.393. The van der Waals surface area contributed by atoms with E-state index in [1.807, 2.05) is 54.6 Å². The van der Waals surface area contributed by atoms with Crippen LogP contribution < -0.4 is 10.2 Å². The van der Waals surface area contributed by atoms with Gasteiger partial charge in [0.25, 0.3) is 0 Å². The minimum Gasteiger partial charge on any atom is -0.488 e. The van der Waals surface area contributed by atoms with Crippen LogP contribution in [-0.2, 0) is 13.2 Å². The smallest absolute Gasteiger partial charge is 0.214 e. The molecule has 0 atom stereocenters. The monoisotopic (exact) mass is 440 g/mol. The van der Waals surface area contributed by atoms with Crippen molar-refractivity contribution in [2.24, 2.45) is 0 Å². The van der Waals surface area contributed by atoms with Gasteiger partial charge in [-0.15, -0.1) is 0 Å². The van der Waals surface area contributed by atoms with Crippen LogP contribution in [0.3, 0.4) is 0 Å². The molecule has 0 amide bonds. The molecule has 0 radical (unpaired) electrons. The summed E-state index contributed by atoms with van der Waals surface area (Å²) in [5, 5.41) is 7.46. The van der Waals surface area contributed by atoms with Crippen LogP contribution in [-0.4, -0.2) is 14.9 Å². The number of H-pyrrole nitrogens is 1. The number of aromatic nitrogens is 3. The van der Waals surface area contributed by atoms with E-state index in [4.69, 9.17) is 28.6 Å². The van der Waals surface area contributed by atoms with Crippen molar-refractivity contribution in [2.75, 3.05) is 5.43 Å². The summed E-state index contributed by atoms with van der Waals surface area (Å²) in [7, 11) is 0. The topological polar surface area (TPSA) is 54.9 Å². The van der Waals surface area contributed by atoms with Crippen molar-refractivity contribution in [1.82, 2.24) is 14.9 Å². The highest BCUT2D eigenvalue weighted by Gasteiger charge is 2.12. The molecule has 152 valence electrons. The molecular weight excluding hydrogens is 423 g/mol. The first-order chi connectivity index (χ1) is 14.6. The molecule has 0 bridgehead atoms. The van der Waals surface area contributed by atoms with E-state index >= 15 is 0 Å². The van der Waals surface area contributed by atoms with Crippen molar-refractivity contribution in [1.29, 1.82) is 0 Å². The molecule has 0 aliphatic heterocycles. The molecule has 5 nitrogen and oxygen atoms in total. The first-order valence-electron chi connectivity index (χ1n) is 9.24. The van der Waals surface area contributed by atoms with Gasteiger partial charge in [0.15, 0.2) is 5.82 Å². The maximum absolute atomic E-state index is 14.0. The van der Waals surface area contributed by atoms with Crippen molar-refractivity contribution >= 4 is 23.8 Å². The number of halogens is 2. The standard InChI is InChI=1S/C22H18ClFN4OS/c23-18-10-6-11-19(24)17(18)14-29-20-12-5-4-9-16(20)13-25-28-21(26-27-22(28)30)15-7-2-1-3-8-15/h1-12,25H,13-14H2,(H,27,30). The predicted molar refractivity (Wildman–Crippen MR) is 118 cm³/mol. The molecule has 0 saturated carbocycles. The molecular formula is C22H18ClFN4OS. The Morgan fingerprint density at radius 3 is 2.60 bits per heavy atom. The second kappa shape index (κ2) is 9.11. The average Bonchev–Trinajstić information content (AvgIpc) is 3.13. The molecule has 0 saturated heterocycles. The zero-order valence-electron chi connectivity index (χ0n) is 15.8. The van der Waals surface area contributed by atoms with E-state index < -0.39 is 5.82 Å². The Morgan fingerprint density at radius 1 is 1.03 bits per heavy atom. The quantitative estimate of drug-likeness (QED) is 0.361. The maximum Gasteiger partial charge on any atom is 0.214 e. The third-order valence-electron chi connectivity index (χ3n) is 4.54. The number of hydrogen-bond acceptors (Lipinski definition) is 4. The summed E-state index contributed by atoms with van der Waals surface area (Å²) in [6, 6.07) is 21.8. The lowest BCUT2D eigenvalue weighted by Crippen LogP contribution is -2.16. The number of nitrogens with one attached hydrogen (secondary N) is 2. The van der Waals surface area contributed by atoms with Crippen LogP contribution in [0.1, 0.15) is 11.1 Å². The van der Waals surface area contributed by atoms with Gasteiger partial charge in [-0.25, -0.2) is 14.2 Å². The Bertz CT molecular complexity index is 1190. The van der Waals surface area contributed by atoms with E-state index in [9.17, 15) is 4.39 Å². The number of rotatable bonds is 7. The molecule has 0 unspecified atom stereocenters. The third kappa shape index (κ3) is 4.37. The summed E-state index contributed by atoms with van der Waals surface area (Å²) in [4.78, 5) is 0. The fourth-order valence-corrected chi connectivity index (χ4v) is 3.41. The summed E-state index contributed by atoms with van der Waals surface area (Å²) in [6.45, 7) is 0.456. The van der Waals surface area contributed by atoms with Crippen LogP contribution in [0, 0.1) is 10.6 Å². The lowest BCUT2D eigenvalue weighted by atomic mass is 10.2. The highest BCUT2D eigenvalue weighted by molar-refractivity contribution is 7.71. The molecule has 1 heterocycles. The first-order valence-corrected chi connectivity index (χ1v) is 10.0. The predicted octanol–water partition coefficient (Wildman–Crippen LogP) is 5.72. The number of para-hydroxylation sites is 1. The van der Waals surface area contributed by atoms with Gasteiger partial charge in [-0.1, -0.05) is 66.2 Å². The van der Waals surface area contributed by atoms with Crippen molar-refractivity contribution in [3.05, 3.63) is 99.5 Å². The van der Waals surface area contributed by atoms with Gasteiger partial charge in [0, 0.05) is 16.7 Å². The molecule has 4 rings (SSSR count). The summed E-state index contributed by atoms with van der Waals surface area (Å²) in [5.41, 5.74) is 5.41. The van der Waals surface area contributed by atoms with E-state index in [-0.39, 0.29) is 6.61 Å². The fraction of sp³-hybridized carbons (Fsp3) is 0.0909. The molecule has 0 aliphatic rings. The van der Waals surface area contributed by atoms with E-state index in [1.54, 1.807) is 16.8 Å². The van der Waals surface area contributed by atoms with Gasteiger partial charge < -0.3 is 10.2 Å². The maximum atomic E-state index is 14.0. The zero-order chi connectivity index (χ0) is 20.9. The van der Waals surface area contributed by atoms with Crippen LogP contribution in [0.2, 0.25) is 5.02 Å². The molecule has 1 aromatic heterocycles. The normalized spacial score (nSPS) is 10.7. The lowest BCUT2D eigenvalue weighted by Gasteiger charge is -2.15. The molecule has 0 spiro atoms. The van der Waals surface area contributed by atoms with Gasteiger partial charge in [0.05, 0.1) is 11.6 Å². The summed E-state index contributed by atoms with van der Waals surface area (Å²) >= 11 is 11.5. The van der Waals surface area contributed by atoms with Crippen molar-refractivity contribution in [3.8, 4) is 17.1 Å². The van der Waals surface area contributed by atoms with Gasteiger partial charge in [-0.2, -0.15) is 5.10 Å². The van der Waals surface area contributed by atoms with E-state index in [0.29, 0.717) is 33.5 Å². The highest BCUT2D eigenvalue weighted by atomic mass is 35.5. The van der Waals surface area contributed by atoms with Crippen LogP contribution >= 0.6 is 23.8 Å². The highest BCUT2D eigenvalue weighted by Crippen LogP contribution is 2.24. The second-order valence-corrected chi connectivity index (χ2v) is 7.28. The van der Waals surface area contributed by atoms with Gasteiger partial charge in [-0.05, 0) is 30.4 Å². The molecule has 4 aromatic rings. The van der Waals surface area contributed by atoms with Crippen LogP contribution in [0.15, 0.2) is 72.8 Å². The second-order valence-electron chi connectivity index (χ2n) is 6.49. The summed E-state index contributed by atoms with van der Waals surface area (Å²) in [6.07, 6.45) is 0. The SMILES string of the molecule is Fc1cccc(Cl)c1COc1ccccc1CNn1c(-c2ccccc2)n[nH]c1=S. The summed E-state index contributed by atoms with van der Waals surface area (Å²) in [5.74, 6) is 0.910. The van der Waals surface area contributed by atoms with Crippen LogP contribution in [0.25, 0.3) is 11.4 Å². The molecule has 2 N–H and O–H groups in total. The zero-order valence-corrected chi connectivity index (χ0v) is 17.4. The summed E-state index contributed by atoms with van der Waals surface area (Å²) < 4.78 is 22.1. The Kier molecular flexibility index (Phi) is 6.11. The minimum absolute atomic E-state index is 0.0307. The molecule has 3 aromatic carbocycles. The number of aromatic amines is 1. The Balaban J connectivity index is 1.52. The largest absolute Gasteiger partial charge is 0.488 e. The van der Waals surface area contributed by atoms with Crippen LogP contribution in [0.4, 0.5) is 4.39 Å². The number of nitrogens with zero attached hydrogens (tertiary/aromatic N) is 2.